The lowest BCUT2D eigenvalue weighted by atomic mass is 10.1. The van der Waals surface area contributed by atoms with Crippen molar-refractivity contribution in [2.45, 2.75) is 18.5 Å². The van der Waals surface area contributed by atoms with E-state index in [4.69, 9.17) is 0 Å². The van der Waals surface area contributed by atoms with Crippen molar-refractivity contribution < 1.29 is 9.72 Å². The second kappa shape index (κ2) is 9.66. The number of rotatable bonds is 7. The highest BCUT2D eigenvalue weighted by molar-refractivity contribution is 7.99. The number of nitrogens with one attached hydrogen (secondary N) is 1. The number of hydrogen-bond donors (Lipinski definition) is 1. The number of para-hydroxylation sites is 2. The summed E-state index contributed by atoms with van der Waals surface area (Å²) < 4.78 is 1.56. The number of carbonyl (C=O) groups excluding carboxylic acids is 1. The first-order valence-corrected chi connectivity index (χ1v) is 11.2. The molecule has 1 amide bonds. The van der Waals surface area contributed by atoms with Crippen molar-refractivity contribution in [2.75, 3.05) is 11.1 Å². The number of thioether (sulfide) groups is 1. The minimum atomic E-state index is -0.500. The number of aryl methyl sites for hydroxylation is 1. The van der Waals surface area contributed by atoms with Crippen molar-refractivity contribution in [3.8, 4) is 5.69 Å². The van der Waals surface area contributed by atoms with Gasteiger partial charge in [-0.1, -0.05) is 49.0 Å². The van der Waals surface area contributed by atoms with Crippen molar-refractivity contribution in [3.05, 3.63) is 98.8 Å². The van der Waals surface area contributed by atoms with Gasteiger partial charge < -0.3 is 5.32 Å². The Bertz CT molecular complexity index is 1400. The van der Waals surface area contributed by atoms with Crippen LogP contribution in [0.15, 0.2) is 82.7 Å². The molecule has 0 spiro atoms. The maximum absolute atomic E-state index is 13.4. The standard InChI is InChI=1S/C24H20N4O4S/c1-2-16-7-3-6-10-21(16)27-23(30)19-8-4-5-9-20(19)26-24(27)33-15-22(29)25-17-11-13-18(14-12-17)28(31)32/h3-14H,2,15H2,1H3,(H,25,29). The number of carbonyl (C=O) groups is 1. The van der Waals surface area contributed by atoms with E-state index in [0.29, 0.717) is 21.7 Å². The Labute approximate surface area is 193 Å². The molecule has 0 atom stereocenters. The summed E-state index contributed by atoms with van der Waals surface area (Å²) in [6.45, 7) is 2.02. The molecule has 33 heavy (non-hydrogen) atoms. The van der Waals surface area contributed by atoms with Gasteiger partial charge in [0.2, 0.25) is 5.91 Å². The number of benzene rings is 3. The summed E-state index contributed by atoms with van der Waals surface area (Å²) in [4.78, 5) is 40.9. The van der Waals surface area contributed by atoms with Crippen LogP contribution in [0.3, 0.4) is 0 Å². The van der Waals surface area contributed by atoms with Crippen LogP contribution in [0.5, 0.6) is 0 Å². The molecule has 0 aliphatic carbocycles. The van der Waals surface area contributed by atoms with Crippen molar-refractivity contribution >= 4 is 39.9 Å². The molecule has 0 bridgehead atoms. The topological polar surface area (TPSA) is 107 Å². The summed E-state index contributed by atoms with van der Waals surface area (Å²) in [6.07, 6.45) is 0.736. The van der Waals surface area contributed by atoms with Crippen molar-refractivity contribution in [1.29, 1.82) is 0 Å². The predicted octanol–water partition coefficient (Wildman–Crippen LogP) is 4.59. The average Bonchev–Trinajstić information content (AvgIpc) is 2.83. The van der Waals surface area contributed by atoms with E-state index in [-0.39, 0.29) is 22.9 Å². The molecule has 0 radical (unpaired) electrons. The van der Waals surface area contributed by atoms with Crippen LogP contribution in [-0.4, -0.2) is 26.1 Å². The quantitative estimate of drug-likeness (QED) is 0.187. The molecule has 166 valence electrons. The van der Waals surface area contributed by atoms with Gasteiger partial charge in [0, 0.05) is 17.8 Å². The number of nitrogens with zero attached hydrogens (tertiary/aromatic N) is 3. The SMILES string of the molecule is CCc1ccccc1-n1c(SCC(=O)Nc2ccc([N+](=O)[O-])cc2)nc2ccccc2c1=O. The first-order valence-electron chi connectivity index (χ1n) is 10.2. The Balaban J connectivity index is 1.65. The molecule has 0 fully saturated rings. The monoisotopic (exact) mass is 460 g/mol. The van der Waals surface area contributed by atoms with Gasteiger partial charge in [-0.25, -0.2) is 4.98 Å². The Morgan fingerprint density at radius 3 is 2.48 bits per heavy atom. The summed E-state index contributed by atoms with van der Waals surface area (Å²) >= 11 is 1.16. The zero-order valence-corrected chi connectivity index (χ0v) is 18.5. The van der Waals surface area contributed by atoms with Crippen LogP contribution in [0.4, 0.5) is 11.4 Å². The molecular formula is C24H20N4O4S. The molecule has 0 saturated carbocycles. The normalized spacial score (nSPS) is 10.8. The van der Waals surface area contributed by atoms with E-state index in [1.54, 1.807) is 22.8 Å². The van der Waals surface area contributed by atoms with Crippen LogP contribution in [-0.2, 0) is 11.2 Å². The van der Waals surface area contributed by atoms with Gasteiger partial charge in [-0.15, -0.1) is 0 Å². The van der Waals surface area contributed by atoms with Crippen LogP contribution < -0.4 is 10.9 Å². The second-order valence-corrected chi connectivity index (χ2v) is 8.12. The number of nitro groups is 1. The van der Waals surface area contributed by atoms with Crippen molar-refractivity contribution in [2.24, 2.45) is 0 Å². The number of anilines is 1. The van der Waals surface area contributed by atoms with Gasteiger partial charge in [-0.2, -0.15) is 0 Å². The number of hydrogen-bond acceptors (Lipinski definition) is 6. The van der Waals surface area contributed by atoms with E-state index in [1.807, 2.05) is 37.3 Å². The molecule has 1 heterocycles. The lowest BCUT2D eigenvalue weighted by molar-refractivity contribution is -0.384. The molecule has 3 aromatic carbocycles. The Morgan fingerprint density at radius 2 is 1.76 bits per heavy atom. The molecule has 4 aromatic rings. The smallest absolute Gasteiger partial charge is 0.269 e. The molecule has 0 unspecified atom stereocenters. The Morgan fingerprint density at radius 1 is 1.06 bits per heavy atom. The minimum Gasteiger partial charge on any atom is -0.325 e. The molecule has 8 nitrogen and oxygen atoms in total. The van der Waals surface area contributed by atoms with Gasteiger partial charge in [0.1, 0.15) is 0 Å². The first-order chi connectivity index (χ1) is 16.0. The molecule has 0 aliphatic rings. The molecule has 1 N–H and O–H groups in total. The fourth-order valence-corrected chi connectivity index (χ4v) is 4.25. The minimum absolute atomic E-state index is 0.00998. The van der Waals surface area contributed by atoms with Crippen molar-refractivity contribution in [3.63, 3.8) is 0 Å². The third-order valence-electron chi connectivity index (χ3n) is 5.05. The third-order valence-corrected chi connectivity index (χ3v) is 5.99. The summed E-state index contributed by atoms with van der Waals surface area (Å²) in [5.41, 5.74) is 2.49. The maximum Gasteiger partial charge on any atom is 0.269 e. The molecule has 0 saturated heterocycles. The molecule has 9 heteroatoms. The predicted molar refractivity (Wildman–Crippen MR) is 129 cm³/mol. The highest BCUT2D eigenvalue weighted by Crippen LogP contribution is 2.24. The van der Waals surface area contributed by atoms with Crippen LogP contribution >= 0.6 is 11.8 Å². The highest BCUT2D eigenvalue weighted by Gasteiger charge is 2.16. The summed E-state index contributed by atoms with van der Waals surface area (Å²) in [5, 5.41) is 14.4. The Kier molecular flexibility index (Phi) is 6.50. The lowest BCUT2D eigenvalue weighted by Gasteiger charge is -2.16. The van der Waals surface area contributed by atoms with Gasteiger partial charge >= 0.3 is 0 Å². The number of nitro benzene ring substituents is 1. The lowest BCUT2D eigenvalue weighted by Crippen LogP contribution is -2.23. The van der Waals surface area contributed by atoms with Crippen LogP contribution in [0.1, 0.15) is 12.5 Å². The van der Waals surface area contributed by atoms with Crippen molar-refractivity contribution in [1.82, 2.24) is 9.55 Å². The second-order valence-electron chi connectivity index (χ2n) is 7.18. The summed E-state index contributed by atoms with van der Waals surface area (Å²) in [5.74, 6) is -0.303. The largest absolute Gasteiger partial charge is 0.325 e. The highest BCUT2D eigenvalue weighted by atomic mass is 32.2. The number of fused-ring (bicyclic) bond motifs is 1. The molecule has 1 aromatic heterocycles. The van der Waals surface area contributed by atoms with E-state index in [2.05, 4.69) is 10.3 Å². The van der Waals surface area contributed by atoms with E-state index >= 15 is 0 Å². The zero-order chi connectivity index (χ0) is 23.4. The van der Waals surface area contributed by atoms with Crippen LogP contribution in [0.25, 0.3) is 16.6 Å². The van der Waals surface area contributed by atoms with E-state index in [0.717, 1.165) is 29.4 Å². The van der Waals surface area contributed by atoms with Gasteiger partial charge in [0.15, 0.2) is 5.16 Å². The van der Waals surface area contributed by atoms with Gasteiger partial charge in [0.05, 0.1) is 27.3 Å². The molecule has 4 rings (SSSR count). The summed E-state index contributed by atoms with van der Waals surface area (Å²) in [7, 11) is 0. The first kappa shape index (κ1) is 22.2. The third kappa shape index (κ3) is 4.78. The van der Waals surface area contributed by atoms with Crippen LogP contribution in [0, 0.1) is 10.1 Å². The number of aromatic nitrogens is 2. The van der Waals surface area contributed by atoms with Gasteiger partial charge in [-0.3, -0.25) is 24.3 Å². The number of non-ortho nitro benzene ring substituents is 1. The fourth-order valence-electron chi connectivity index (χ4n) is 3.44. The average molecular weight is 461 g/mol. The molecular weight excluding hydrogens is 440 g/mol. The van der Waals surface area contributed by atoms with Crippen LogP contribution in [0.2, 0.25) is 0 Å². The maximum atomic E-state index is 13.4. The fraction of sp³-hybridized carbons (Fsp3) is 0.125. The van der Waals surface area contributed by atoms with E-state index in [9.17, 15) is 19.7 Å². The van der Waals surface area contributed by atoms with Gasteiger partial charge in [-0.05, 0) is 42.3 Å². The molecule has 0 aliphatic heterocycles. The zero-order valence-electron chi connectivity index (χ0n) is 17.7. The van der Waals surface area contributed by atoms with E-state index in [1.165, 1.54) is 24.3 Å². The van der Waals surface area contributed by atoms with E-state index < -0.39 is 4.92 Å². The van der Waals surface area contributed by atoms with Gasteiger partial charge in [0.25, 0.3) is 11.2 Å². The Hall–Kier alpha value is -3.98. The number of amides is 1. The summed E-state index contributed by atoms with van der Waals surface area (Å²) in [6, 6.07) is 20.4.